The monoisotopic (exact) mass is 309 g/mol. The molecule has 3 aliphatic rings. The SMILES string of the molecule is COC(=O)CNC(=O)N1CC2CC(C1)[C@H]1CCCC(=O)N1C2. The molecule has 3 fully saturated rings. The lowest BCUT2D eigenvalue weighted by atomic mass is 9.76. The molecule has 2 bridgehead atoms. The summed E-state index contributed by atoms with van der Waals surface area (Å²) < 4.78 is 4.53. The standard InChI is InChI=1S/C15H23N3O4/c1-22-14(20)6-16-15(21)17-7-10-5-11(9-17)12-3-2-4-13(19)18(12)8-10/h10-12H,2-9H2,1H3,(H,16,21)/t10?,11?,12-/m1/s1. The first-order chi connectivity index (χ1) is 10.6. The minimum Gasteiger partial charge on any atom is -0.468 e. The number of likely N-dealkylation sites (tertiary alicyclic amines) is 1. The molecule has 0 aromatic carbocycles. The molecule has 0 aromatic heterocycles. The number of carbonyl (C=O) groups excluding carboxylic acids is 3. The van der Waals surface area contributed by atoms with Crippen molar-refractivity contribution in [1.82, 2.24) is 15.1 Å². The number of fused-ring (bicyclic) bond motifs is 4. The molecule has 7 heteroatoms. The summed E-state index contributed by atoms with van der Waals surface area (Å²) in [6.07, 6.45) is 3.75. The van der Waals surface area contributed by atoms with Crippen molar-refractivity contribution >= 4 is 17.9 Å². The number of nitrogens with one attached hydrogen (secondary N) is 1. The number of esters is 1. The molecule has 3 rings (SSSR count). The lowest BCUT2D eigenvalue weighted by Crippen LogP contribution is -2.62. The van der Waals surface area contributed by atoms with Gasteiger partial charge in [0.1, 0.15) is 6.54 Å². The maximum absolute atomic E-state index is 12.2. The first kappa shape index (κ1) is 15.1. The molecule has 1 N–H and O–H groups in total. The predicted octanol–water partition coefficient (Wildman–Crippen LogP) is 0.202. The van der Waals surface area contributed by atoms with Gasteiger partial charge in [-0.2, -0.15) is 0 Å². The van der Waals surface area contributed by atoms with Crippen LogP contribution in [-0.2, 0) is 14.3 Å². The third-order valence-corrected chi connectivity index (χ3v) is 5.08. The predicted molar refractivity (Wildman–Crippen MR) is 77.9 cm³/mol. The number of amides is 3. The molecule has 7 nitrogen and oxygen atoms in total. The van der Waals surface area contributed by atoms with Gasteiger partial charge in [0.15, 0.2) is 0 Å². The lowest BCUT2D eigenvalue weighted by Gasteiger charge is -2.52. The largest absolute Gasteiger partial charge is 0.468 e. The van der Waals surface area contributed by atoms with E-state index in [0.29, 0.717) is 31.3 Å². The van der Waals surface area contributed by atoms with Gasteiger partial charge in [-0.05, 0) is 31.1 Å². The smallest absolute Gasteiger partial charge is 0.325 e. The second kappa shape index (κ2) is 6.14. The molecule has 3 saturated heterocycles. The number of carbonyl (C=O) groups is 3. The van der Waals surface area contributed by atoms with Gasteiger partial charge in [-0.25, -0.2) is 4.79 Å². The second-order valence-electron chi connectivity index (χ2n) is 6.51. The molecule has 0 aromatic rings. The molecule has 3 atom stereocenters. The van der Waals surface area contributed by atoms with Crippen LogP contribution in [0.4, 0.5) is 4.79 Å². The Hall–Kier alpha value is -1.79. The first-order valence-electron chi connectivity index (χ1n) is 7.97. The van der Waals surface area contributed by atoms with Gasteiger partial charge in [0.25, 0.3) is 0 Å². The van der Waals surface area contributed by atoms with Crippen LogP contribution in [0.1, 0.15) is 25.7 Å². The Morgan fingerprint density at radius 2 is 2.14 bits per heavy atom. The van der Waals surface area contributed by atoms with Gasteiger partial charge in [-0.15, -0.1) is 0 Å². The van der Waals surface area contributed by atoms with Gasteiger partial charge in [0.05, 0.1) is 7.11 Å². The average molecular weight is 309 g/mol. The van der Waals surface area contributed by atoms with Gasteiger partial charge in [0.2, 0.25) is 5.91 Å². The summed E-state index contributed by atoms with van der Waals surface area (Å²) in [7, 11) is 1.30. The topological polar surface area (TPSA) is 79.0 Å². The Morgan fingerprint density at radius 3 is 2.91 bits per heavy atom. The van der Waals surface area contributed by atoms with Gasteiger partial charge in [-0.1, -0.05) is 0 Å². The third-order valence-electron chi connectivity index (χ3n) is 5.08. The third kappa shape index (κ3) is 2.89. The summed E-state index contributed by atoms with van der Waals surface area (Å²) in [5.41, 5.74) is 0. The summed E-state index contributed by atoms with van der Waals surface area (Å²) in [6.45, 7) is 1.98. The van der Waals surface area contributed by atoms with E-state index in [1.165, 1.54) is 7.11 Å². The summed E-state index contributed by atoms with van der Waals surface area (Å²) in [6, 6.07) is 0.0735. The van der Waals surface area contributed by atoms with Crippen LogP contribution in [0.25, 0.3) is 0 Å². The number of hydrogen-bond donors (Lipinski definition) is 1. The van der Waals surface area contributed by atoms with Crippen molar-refractivity contribution in [2.75, 3.05) is 33.3 Å². The molecule has 0 saturated carbocycles. The number of urea groups is 1. The van der Waals surface area contributed by atoms with Gasteiger partial charge in [-0.3, -0.25) is 9.59 Å². The van der Waals surface area contributed by atoms with E-state index in [-0.39, 0.29) is 24.5 Å². The summed E-state index contributed by atoms with van der Waals surface area (Å²) in [4.78, 5) is 39.2. The van der Waals surface area contributed by atoms with E-state index in [4.69, 9.17) is 0 Å². The van der Waals surface area contributed by atoms with Crippen molar-refractivity contribution < 1.29 is 19.1 Å². The number of methoxy groups -OCH3 is 1. The molecule has 0 aliphatic carbocycles. The molecule has 0 spiro atoms. The number of piperidine rings is 3. The summed E-state index contributed by atoms with van der Waals surface area (Å²) in [5, 5.41) is 2.61. The number of hydrogen-bond acceptors (Lipinski definition) is 4. The van der Waals surface area contributed by atoms with E-state index < -0.39 is 5.97 Å². The van der Waals surface area contributed by atoms with E-state index in [1.54, 1.807) is 4.90 Å². The molecule has 3 heterocycles. The zero-order valence-electron chi connectivity index (χ0n) is 12.9. The lowest BCUT2D eigenvalue weighted by molar-refractivity contribution is -0.144. The molecular formula is C15H23N3O4. The number of ether oxygens (including phenoxy) is 1. The van der Waals surface area contributed by atoms with Crippen molar-refractivity contribution in [2.24, 2.45) is 11.8 Å². The molecule has 2 unspecified atom stereocenters. The van der Waals surface area contributed by atoms with E-state index in [2.05, 4.69) is 10.1 Å². The van der Waals surface area contributed by atoms with E-state index in [9.17, 15) is 14.4 Å². The second-order valence-corrected chi connectivity index (χ2v) is 6.51. The highest BCUT2D eigenvalue weighted by Gasteiger charge is 2.44. The van der Waals surface area contributed by atoms with E-state index >= 15 is 0 Å². The van der Waals surface area contributed by atoms with E-state index in [0.717, 1.165) is 25.8 Å². The Kier molecular flexibility index (Phi) is 4.22. The Morgan fingerprint density at radius 1 is 1.32 bits per heavy atom. The first-order valence-corrected chi connectivity index (χ1v) is 7.97. The highest BCUT2D eigenvalue weighted by molar-refractivity contribution is 5.81. The van der Waals surface area contributed by atoms with Crippen LogP contribution in [0, 0.1) is 11.8 Å². The minimum atomic E-state index is -0.449. The van der Waals surface area contributed by atoms with E-state index in [1.807, 2.05) is 4.90 Å². The zero-order valence-corrected chi connectivity index (χ0v) is 12.9. The molecule has 3 aliphatic heterocycles. The van der Waals surface area contributed by atoms with Crippen LogP contribution >= 0.6 is 0 Å². The normalized spacial score (nSPS) is 30.6. The van der Waals surface area contributed by atoms with Crippen LogP contribution in [0.5, 0.6) is 0 Å². The van der Waals surface area contributed by atoms with Crippen LogP contribution in [-0.4, -0.2) is 67.0 Å². The summed E-state index contributed by atoms with van der Waals surface area (Å²) in [5.74, 6) is 0.533. The minimum absolute atomic E-state index is 0.102. The molecule has 22 heavy (non-hydrogen) atoms. The highest BCUT2D eigenvalue weighted by Crippen LogP contribution is 2.37. The number of rotatable bonds is 2. The fraction of sp³-hybridized carbons (Fsp3) is 0.800. The van der Waals surface area contributed by atoms with Crippen molar-refractivity contribution in [3.8, 4) is 0 Å². The Bertz CT molecular complexity index is 481. The zero-order chi connectivity index (χ0) is 15.7. The van der Waals surface area contributed by atoms with Crippen LogP contribution in [0.2, 0.25) is 0 Å². The average Bonchev–Trinajstić information content (AvgIpc) is 2.53. The van der Waals surface area contributed by atoms with Crippen LogP contribution in [0.3, 0.4) is 0 Å². The van der Waals surface area contributed by atoms with Crippen LogP contribution in [0.15, 0.2) is 0 Å². The maximum Gasteiger partial charge on any atom is 0.325 e. The van der Waals surface area contributed by atoms with Crippen LogP contribution < -0.4 is 5.32 Å². The molecular weight excluding hydrogens is 286 g/mol. The van der Waals surface area contributed by atoms with Crippen molar-refractivity contribution in [1.29, 1.82) is 0 Å². The van der Waals surface area contributed by atoms with Crippen molar-refractivity contribution in [3.63, 3.8) is 0 Å². The fourth-order valence-electron chi connectivity index (χ4n) is 4.11. The maximum atomic E-state index is 12.2. The molecule has 0 radical (unpaired) electrons. The van der Waals surface area contributed by atoms with Gasteiger partial charge < -0.3 is 19.9 Å². The Balaban J connectivity index is 1.61. The van der Waals surface area contributed by atoms with Crippen molar-refractivity contribution in [2.45, 2.75) is 31.7 Å². The summed E-state index contributed by atoms with van der Waals surface area (Å²) >= 11 is 0. The van der Waals surface area contributed by atoms with Gasteiger partial charge >= 0.3 is 12.0 Å². The van der Waals surface area contributed by atoms with Gasteiger partial charge in [0, 0.05) is 32.1 Å². The van der Waals surface area contributed by atoms with Crippen molar-refractivity contribution in [3.05, 3.63) is 0 Å². The number of nitrogens with zero attached hydrogens (tertiary/aromatic N) is 2. The molecule has 122 valence electrons. The molecule has 3 amide bonds. The quantitative estimate of drug-likeness (QED) is 0.739. The fourth-order valence-corrected chi connectivity index (χ4v) is 4.11. The highest BCUT2D eigenvalue weighted by atomic mass is 16.5. The Labute approximate surface area is 129 Å².